The van der Waals surface area contributed by atoms with Crippen LogP contribution >= 0.6 is 12.4 Å². The van der Waals surface area contributed by atoms with Crippen LogP contribution in [0.1, 0.15) is 44.6 Å². The van der Waals surface area contributed by atoms with Crippen molar-refractivity contribution in [2.45, 2.75) is 44.6 Å². The molecule has 0 aliphatic heterocycles. The van der Waals surface area contributed by atoms with Crippen molar-refractivity contribution in [2.75, 3.05) is 6.54 Å². The van der Waals surface area contributed by atoms with Gasteiger partial charge in [-0.1, -0.05) is 37.3 Å². The number of halogens is 1. The van der Waals surface area contributed by atoms with Gasteiger partial charge in [-0.2, -0.15) is 0 Å². The molecule has 1 amide bonds. The maximum absolute atomic E-state index is 12.5. The van der Waals surface area contributed by atoms with E-state index in [1.54, 1.807) is 0 Å². The van der Waals surface area contributed by atoms with Crippen molar-refractivity contribution in [3.8, 4) is 0 Å². The molecular weight excluding hydrogens is 272 g/mol. The average molecular weight is 297 g/mol. The van der Waals surface area contributed by atoms with Gasteiger partial charge in [-0.3, -0.25) is 4.79 Å². The predicted octanol–water partition coefficient (Wildman–Crippen LogP) is 2.85. The fourth-order valence-corrected chi connectivity index (χ4v) is 2.67. The minimum atomic E-state index is -0.237. The Morgan fingerprint density at radius 1 is 1.40 bits per heavy atom. The molecular formula is C16H25ClN2O. The standard InChI is InChI=1S/C16H24N2O.ClH/c1-3-14(12-7-5-4-6-8-12)15(19)18-16(2,11-17)13-9-10-13;/h4-8,13-14H,3,9-11,17H2,1-2H3,(H,18,19);1H. The zero-order valence-electron chi connectivity index (χ0n) is 12.3. The van der Waals surface area contributed by atoms with Crippen molar-refractivity contribution < 1.29 is 4.79 Å². The van der Waals surface area contributed by atoms with E-state index in [1.807, 2.05) is 37.3 Å². The van der Waals surface area contributed by atoms with Gasteiger partial charge in [-0.15, -0.1) is 12.4 Å². The summed E-state index contributed by atoms with van der Waals surface area (Å²) in [5.74, 6) is 0.578. The highest BCUT2D eigenvalue weighted by Crippen LogP contribution is 2.39. The first-order valence-corrected chi connectivity index (χ1v) is 7.17. The van der Waals surface area contributed by atoms with Crippen LogP contribution in [0.4, 0.5) is 0 Å². The third-order valence-electron chi connectivity index (χ3n) is 4.24. The number of hydrogen-bond acceptors (Lipinski definition) is 2. The molecule has 3 nitrogen and oxygen atoms in total. The molecule has 0 heterocycles. The molecule has 2 rings (SSSR count). The summed E-state index contributed by atoms with van der Waals surface area (Å²) in [4.78, 5) is 12.5. The first-order valence-electron chi connectivity index (χ1n) is 7.17. The first kappa shape index (κ1) is 17.0. The zero-order chi connectivity index (χ0) is 13.9. The number of nitrogens with two attached hydrogens (primary N) is 1. The van der Waals surface area contributed by atoms with Gasteiger partial charge in [0.1, 0.15) is 0 Å². The second-order valence-corrected chi connectivity index (χ2v) is 5.76. The second-order valence-electron chi connectivity index (χ2n) is 5.76. The molecule has 2 unspecified atom stereocenters. The van der Waals surface area contributed by atoms with E-state index in [9.17, 15) is 4.79 Å². The SMILES string of the molecule is CCC(C(=O)NC(C)(CN)C1CC1)c1ccccc1.Cl. The highest BCUT2D eigenvalue weighted by Gasteiger charge is 2.42. The van der Waals surface area contributed by atoms with Gasteiger partial charge in [0.25, 0.3) is 0 Å². The van der Waals surface area contributed by atoms with E-state index >= 15 is 0 Å². The van der Waals surface area contributed by atoms with Crippen LogP contribution in [-0.4, -0.2) is 18.0 Å². The molecule has 1 aromatic carbocycles. The predicted molar refractivity (Wildman–Crippen MR) is 85.0 cm³/mol. The van der Waals surface area contributed by atoms with Crippen LogP contribution in [0.5, 0.6) is 0 Å². The Hall–Kier alpha value is -1.06. The largest absolute Gasteiger partial charge is 0.349 e. The Morgan fingerprint density at radius 3 is 2.45 bits per heavy atom. The van der Waals surface area contributed by atoms with E-state index in [0.717, 1.165) is 12.0 Å². The number of carbonyl (C=O) groups excluding carboxylic acids is 1. The molecule has 4 heteroatoms. The Morgan fingerprint density at radius 2 is 2.00 bits per heavy atom. The molecule has 112 valence electrons. The lowest BCUT2D eigenvalue weighted by Gasteiger charge is -2.31. The van der Waals surface area contributed by atoms with Gasteiger partial charge < -0.3 is 11.1 Å². The highest BCUT2D eigenvalue weighted by atomic mass is 35.5. The fraction of sp³-hybridized carbons (Fsp3) is 0.562. The Balaban J connectivity index is 0.00000200. The Bertz CT molecular complexity index is 433. The number of rotatable bonds is 6. The number of hydrogen-bond donors (Lipinski definition) is 2. The monoisotopic (exact) mass is 296 g/mol. The van der Waals surface area contributed by atoms with Crippen molar-refractivity contribution in [3.63, 3.8) is 0 Å². The Kier molecular flexibility index (Phi) is 6.03. The van der Waals surface area contributed by atoms with Crippen LogP contribution in [0.3, 0.4) is 0 Å². The summed E-state index contributed by atoms with van der Waals surface area (Å²) in [6.45, 7) is 4.63. The van der Waals surface area contributed by atoms with Crippen molar-refractivity contribution in [2.24, 2.45) is 11.7 Å². The van der Waals surface area contributed by atoms with E-state index in [0.29, 0.717) is 12.5 Å². The molecule has 0 radical (unpaired) electrons. The molecule has 1 aliphatic rings. The minimum Gasteiger partial charge on any atom is -0.349 e. The maximum atomic E-state index is 12.5. The topological polar surface area (TPSA) is 55.1 Å². The summed E-state index contributed by atoms with van der Waals surface area (Å²) in [5, 5.41) is 3.19. The number of amides is 1. The van der Waals surface area contributed by atoms with Gasteiger partial charge in [-0.25, -0.2) is 0 Å². The summed E-state index contributed by atoms with van der Waals surface area (Å²) >= 11 is 0. The highest BCUT2D eigenvalue weighted by molar-refractivity contribution is 5.85. The molecule has 0 spiro atoms. The summed E-state index contributed by atoms with van der Waals surface area (Å²) < 4.78 is 0. The third kappa shape index (κ3) is 3.74. The van der Waals surface area contributed by atoms with E-state index in [-0.39, 0.29) is 29.8 Å². The first-order chi connectivity index (χ1) is 9.10. The molecule has 1 saturated carbocycles. The van der Waals surface area contributed by atoms with Crippen LogP contribution in [0.25, 0.3) is 0 Å². The molecule has 3 N–H and O–H groups in total. The second kappa shape index (κ2) is 7.09. The lowest BCUT2D eigenvalue weighted by Crippen LogP contribution is -2.54. The quantitative estimate of drug-likeness (QED) is 0.848. The van der Waals surface area contributed by atoms with Gasteiger partial charge in [-0.05, 0) is 37.7 Å². The number of benzene rings is 1. The Labute approximate surface area is 127 Å². The number of carbonyl (C=O) groups is 1. The van der Waals surface area contributed by atoms with Crippen LogP contribution in [0.15, 0.2) is 30.3 Å². The van der Waals surface area contributed by atoms with Crippen molar-refractivity contribution in [1.82, 2.24) is 5.32 Å². The molecule has 0 saturated heterocycles. The molecule has 2 atom stereocenters. The van der Waals surface area contributed by atoms with E-state index in [4.69, 9.17) is 5.73 Å². The maximum Gasteiger partial charge on any atom is 0.228 e. The normalized spacial score (nSPS) is 18.6. The number of nitrogens with one attached hydrogen (secondary N) is 1. The summed E-state index contributed by atoms with van der Waals surface area (Å²) in [6.07, 6.45) is 3.16. The molecule has 20 heavy (non-hydrogen) atoms. The molecule has 0 bridgehead atoms. The lowest BCUT2D eigenvalue weighted by molar-refractivity contribution is -0.124. The van der Waals surface area contributed by atoms with Gasteiger partial charge in [0.2, 0.25) is 5.91 Å². The van der Waals surface area contributed by atoms with Crippen molar-refractivity contribution >= 4 is 18.3 Å². The van der Waals surface area contributed by atoms with Crippen LogP contribution in [-0.2, 0) is 4.79 Å². The summed E-state index contributed by atoms with van der Waals surface area (Å²) in [5.41, 5.74) is 6.71. The molecule has 1 aliphatic carbocycles. The molecule has 1 fully saturated rings. The molecule has 0 aromatic heterocycles. The van der Waals surface area contributed by atoms with Crippen molar-refractivity contribution in [3.05, 3.63) is 35.9 Å². The van der Waals surface area contributed by atoms with Gasteiger partial charge in [0.15, 0.2) is 0 Å². The van der Waals surface area contributed by atoms with Gasteiger partial charge in [0.05, 0.1) is 11.5 Å². The van der Waals surface area contributed by atoms with Crippen LogP contribution < -0.4 is 11.1 Å². The van der Waals surface area contributed by atoms with Crippen molar-refractivity contribution in [1.29, 1.82) is 0 Å². The van der Waals surface area contributed by atoms with Gasteiger partial charge >= 0.3 is 0 Å². The third-order valence-corrected chi connectivity index (χ3v) is 4.24. The van der Waals surface area contributed by atoms with Crippen LogP contribution in [0.2, 0.25) is 0 Å². The van der Waals surface area contributed by atoms with E-state index in [2.05, 4.69) is 12.2 Å². The van der Waals surface area contributed by atoms with E-state index in [1.165, 1.54) is 12.8 Å². The lowest BCUT2D eigenvalue weighted by atomic mass is 9.91. The smallest absolute Gasteiger partial charge is 0.228 e. The zero-order valence-corrected chi connectivity index (χ0v) is 13.1. The fourth-order valence-electron chi connectivity index (χ4n) is 2.67. The summed E-state index contributed by atoms with van der Waals surface area (Å²) in [7, 11) is 0. The summed E-state index contributed by atoms with van der Waals surface area (Å²) in [6, 6.07) is 9.97. The van der Waals surface area contributed by atoms with E-state index < -0.39 is 0 Å². The molecule has 1 aromatic rings. The van der Waals surface area contributed by atoms with Crippen LogP contribution in [0, 0.1) is 5.92 Å². The average Bonchev–Trinajstić information content (AvgIpc) is 3.25. The minimum absolute atomic E-state index is 0. The van der Waals surface area contributed by atoms with Gasteiger partial charge in [0, 0.05) is 6.54 Å².